The lowest BCUT2D eigenvalue weighted by molar-refractivity contribution is 0.474. The van der Waals surface area contributed by atoms with E-state index in [0.29, 0.717) is 6.04 Å². The van der Waals surface area contributed by atoms with Gasteiger partial charge in [0.05, 0.1) is 0 Å². The molecule has 1 N–H and O–H groups in total. The maximum Gasteiger partial charge on any atom is 0.341 e. The van der Waals surface area contributed by atoms with E-state index in [9.17, 15) is 5.11 Å². The normalized spacial score (nSPS) is 11.7. The molecule has 1 nitrogen and oxygen atoms in total. The van der Waals surface area contributed by atoms with Gasteiger partial charge in [-0.15, -0.1) is 33.2 Å². The highest BCUT2D eigenvalue weighted by molar-refractivity contribution is 7.64. The first-order chi connectivity index (χ1) is 13.4. The van der Waals surface area contributed by atoms with E-state index in [1.54, 1.807) is 6.07 Å². The Balaban J connectivity index is 1.96. The molecule has 0 unspecified atom stereocenters. The van der Waals surface area contributed by atoms with Crippen LogP contribution in [0.4, 0.5) is 0 Å². The van der Waals surface area contributed by atoms with Gasteiger partial charge >= 0.3 is 6.00 Å². The van der Waals surface area contributed by atoms with Crippen molar-refractivity contribution in [2.75, 3.05) is 0 Å². The number of hydrogen-bond acceptors (Lipinski definition) is 1. The van der Waals surface area contributed by atoms with Crippen LogP contribution in [0.25, 0.3) is 11.1 Å². The number of halogens is 3. The molecule has 0 aliphatic heterocycles. The zero-order chi connectivity index (χ0) is 20.4. The van der Waals surface area contributed by atoms with E-state index in [1.807, 2.05) is 12.1 Å². The molecule has 2 rings (SSSR count). The van der Waals surface area contributed by atoms with Crippen LogP contribution < -0.4 is 0 Å². The van der Waals surface area contributed by atoms with E-state index in [4.69, 9.17) is 33.2 Å². The Kier molecular flexibility index (Phi) is 10.2. The summed E-state index contributed by atoms with van der Waals surface area (Å²) < 4.78 is 0. The molecule has 0 atom stereocenters. The number of phenolic OH excluding ortho intramolecular Hbond substituents is 1. The predicted octanol–water partition coefficient (Wildman–Crippen LogP) is 8.55. The van der Waals surface area contributed by atoms with E-state index in [1.165, 1.54) is 49.7 Å². The molecule has 0 aliphatic rings. The Hall–Kier alpha value is -0.673. The first kappa shape index (κ1) is 23.6. The Labute approximate surface area is 185 Å². The molecule has 0 saturated carbocycles. The molecule has 0 aromatic heterocycles. The molecule has 0 radical (unpaired) electrons. The van der Waals surface area contributed by atoms with Crippen molar-refractivity contribution in [1.29, 1.82) is 0 Å². The van der Waals surface area contributed by atoms with Crippen molar-refractivity contribution in [3.05, 3.63) is 53.6 Å². The maximum absolute atomic E-state index is 9.89. The van der Waals surface area contributed by atoms with Crippen LogP contribution in [0.3, 0.4) is 0 Å². The number of hydrogen-bond donors (Lipinski definition) is 1. The molecule has 28 heavy (non-hydrogen) atoms. The lowest BCUT2D eigenvalue weighted by atomic mass is 9.95. The molecule has 154 valence electrons. The van der Waals surface area contributed by atoms with E-state index in [-0.39, 0.29) is 5.75 Å². The van der Waals surface area contributed by atoms with Gasteiger partial charge in [-0.1, -0.05) is 69.4 Å². The quantitative estimate of drug-likeness (QED) is 0.192. The third kappa shape index (κ3) is 8.78. The summed E-state index contributed by atoms with van der Waals surface area (Å²) in [4.78, 5) is 0. The molecular weight excluding hydrogens is 427 g/mol. The van der Waals surface area contributed by atoms with Crippen molar-refractivity contribution in [3.63, 3.8) is 0 Å². The van der Waals surface area contributed by atoms with Gasteiger partial charge in [0.15, 0.2) is 0 Å². The summed E-state index contributed by atoms with van der Waals surface area (Å²) >= 11 is 18.0. The van der Waals surface area contributed by atoms with E-state index >= 15 is 0 Å². The molecule has 2 aromatic carbocycles. The lowest BCUT2D eigenvalue weighted by Crippen LogP contribution is -2.08. The fraction of sp³-hybridized carbons (Fsp3) is 0.478. The number of phenols is 1. The van der Waals surface area contributed by atoms with Crippen molar-refractivity contribution in [2.45, 2.75) is 70.8 Å². The molecular formula is C23H31Cl3OSi. The highest BCUT2D eigenvalue weighted by atomic mass is 35.8. The molecule has 0 fully saturated rings. The summed E-state index contributed by atoms with van der Waals surface area (Å²) in [6.07, 6.45) is 10.7. The van der Waals surface area contributed by atoms with Crippen molar-refractivity contribution >= 4 is 39.2 Å². The molecule has 0 heterocycles. The third-order valence-corrected chi connectivity index (χ3v) is 7.70. The summed E-state index contributed by atoms with van der Waals surface area (Å²) in [5.74, 6) is 0.282. The van der Waals surface area contributed by atoms with Crippen LogP contribution in [0.1, 0.15) is 63.0 Å². The monoisotopic (exact) mass is 456 g/mol. The first-order valence-corrected chi connectivity index (χ1v) is 15.6. The standard InChI is InChI=1S/C23H31Cl3OSi/c1-2-3-4-5-6-7-9-19-11-13-20(14-12-19)23-16-15-22(27)18-21(23)10-8-17-28(24,25)26/h11-16,18,27H,2-10,17H2,1H3. The fourth-order valence-electron chi connectivity index (χ4n) is 3.51. The maximum atomic E-state index is 9.89. The molecule has 0 saturated heterocycles. The largest absolute Gasteiger partial charge is 0.508 e. The van der Waals surface area contributed by atoms with E-state index in [2.05, 4.69) is 31.2 Å². The molecule has 0 spiro atoms. The van der Waals surface area contributed by atoms with Crippen LogP contribution in [0.2, 0.25) is 6.04 Å². The van der Waals surface area contributed by atoms with Crippen LogP contribution >= 0.6 is 33.2 Å². The number of unbranched alkanes of at least 4 members (excludes halogenated alkanes) is 5. The number of benzene rings is 2. The lowest BCUT2D eigenvalue weighted by Gasteiger charge is -2.13. The second-order valence-corrected chi connectivity index (χ2v) is 16.8. The minimum absolute atomic E-state index is 0.282. The van der Waals surface area contributed by atoms with Gasteiger partial charge < -0.3 is 5.11 Å². The molecule has 5 heteroatoms. The Morgan fingerprint density at radius 1 is 0.786 bits per heavy atom. The topological polar surface area (TPSA) is 20.2 Å². The summed E-state index contributed by atoms with van der Waals surface area (Å²) in [7, 11) is 0. The van der Waals surface area contributed by atoms with Gasteiger partial charge in [-0.25, -0.2) is 0 Å². The zero-order valence-electron chi connectivity index (χ0n) is 16.7. The Morgan fingerprint density at radius 2 is 1.46 bits per heavy atom. The van der Waals surface area contributed by atoms with Crippen LogP contribution in [0.5, 0.6) is 5.75 Å². The van der Waals surface area contributed by atoms with Crippen LogP contribution in [-0.2, 0) is 12.8 Å². The smallest absolute Gasteiger partial charge is 0.341 e. The first-order valence-electron chi connectivity index (χ1n) is 10.4. The second-order valence-electron chi connectivity index (χ2n) is 7.52. The number of rotatable bonds is 12. The van der Waals surface area contributed by atoms with E-state index < -0.39 is 6.00 Å². The highest BCUT2D eigenvalue weighted by Gasteiger charge is 2.24. The van der Waals surface area contributed by atoms with Crippen molar-refractivity contribution in [3.8, 4) is 16.9 Å². The van der Waals surface area contributed by atoms with E-state index in [0.717, 1.165) is 30.4 Å². The SMILES string of the molecule is CCCCCCCCc1ccc(-c2ccc(O)cc2CCC[Si](Cl)(Cl)Cl)cc1. The average molecular weight is 458 g/mol. The van der Waals surface area contributed by atoms with Crippen molar-refractivity contribution < 1.29 is 5.11 Å². The average Bonchev–Trinajstić information content (AvgIpc) is 2.64. The minimum Gasteiger partial charge on any atom is -0.508 e. The fourth-order valence-corrected chi connectivity index (χ4v) is 5.29. The van der Waals surface area contributed by atoms with Crippen LogP contribution in [0, 0.1) is 0 Å². The second kappa shape index (κ2) is 12.1. The summed E-state index contributed by atoms with van der Waals surface area (Å²) in [6, 6.07) is 12.4. The van der Waals surface area contributed by atoms with Crippen molar-refractivity contribution in [1.82, 2.24) is 0 Å². The molecule has 2 aromatic rings. The third-order valence-electron chi connectivity index (χ3n) is 5.08. The molecule has 0 amide bonds. The van der Waals surface area contributed by atoms with Gasteiger partial charge in [-0.05, 0) is 66.1 Å². The predicted molar refractivity (Wildman–Crippen MR) is 127 cm³/mol. The van der Waals surface area contributed by atoms with Gasteiger partial charge in [0.1, 0.15) is 5.75 Å². The van der Waals surface area contributed by atoms with Gasteiger partial charge in [0.25, 0.3) is 0 Å². The van der Waals surface area contributed by atoms with Gasteiger partial charge in [-0.2, -0.15) is 0 Å². The molecule has 0 aliphatic carbocycles. The Bertz CT molecular complexity index is 711. The van der Waals surface area contributed by atoms with Gasteiger partial charge in [0, 0.05) is 0 Å². The highest BCUT2D eigenvalue weighted by Crippen LogP contribution is 2.31. The summed E-state index contributed by atoms with van der Waals surface area (Å²) in [5.41, 5.74) is 4.82. The Morgan fingerprint density at radius 3 is 2.14 bits per heavy atom. The van der Waals surface area contributed by atoms with Gasteiger partial charge in [-0.3, -0.25) is 0 Å². The number of aryl methyl sites for hydroxylation is 2. The van der Waals surface area contributed by atoms with Crippen LogP contribution in [-0.4, -0.2) is 11.1 Å². The number of aromatic hydroxyl groups is 1. The minimum atomic E-state index is -2.60. The summed E-state index contributed by atoms with van der Waals surface area (Å²) in [5, 5.41) is 9.89. The van der Waals surface area contributed by atoms with Crippen LogP contribution in [0.15, 0.2) is 42.5 Å². The van der Waals surface area contributed by atoms with Gasteiger partial charge in [0.2, 0.25) is 0 Å². The zero-order valence-corrected chi connectivity index (χ0v) is 20.0. The van der Waals surface area contributed by atoms with Crippen molar-refractivity contribution in [2.24, 2.45) is 0 Å². The molecule has 0 bridgehead atoms. The summed E-state index contributed by atoms with van der Waals surface area (Å²) in [6.45, 7) is 2.25.